The van der Waals surface area contributed by atoms with Gasteiger partial charge in [-0.15, -0.1) is 0 Å². The van der Waals surface area contributed by atoms with E-state index >= 15 is 0 Å². The normalized spacial score (nSPS) is 11.4. The molecule has 0 bridgehead atoms. The summed E-state index contributed by atoms with van der Waals surface area (Å²) in [7, 11) is -3.66. The summed E-state index contributed by atoms with van der Waals surface area (Å²) in [5, 5.41) is 0. The Morgan fingerprint density at radius 3 is 2.59 bits per heavy atom. The van der Waals surface area contributed by atoms with Crippen LogP contribution in [0.4, 0.5) is 5.69 Å². The van der Waals surface area contributed by atoms with E-state index in [4.69, 9.17) is 11.5 Å². The summed E-state index contributed by atoms with van der Waals surface area (Å²) in [6, 6.07) is 4.35. The minimum absolute atomic E-state index is 0.0333. The van der Waals surface area contributed by atoms with Crippen molar-refractivity contribution < 1.29 is 13.2 Å². The highest BCUT2D eigenvalue weighted by Crippen LogP contribution is 2.23. The third-order valence-corrected chi connectivity index (χ3v) is 4.35. The number of anilines is 1. The van der Waals surface area contributed by atoms with Crippen molar-refractivity contribution in [3.63, 3.8) is 0 Å². The minimum atomic E-state index is -3.66. The number of nitrogens with one attached hydrogen (secondary N) is 1. The van der Waals surface area contributed by atoms with Crippen LogP contribution in [-0.4, -0.2) is 20.9 Å². The van der Waals surface area contributed by atoms with Gasteiger partial charge in [-0.05, 0) is 34.1 Å². The number of carbonyl (C=O) groups is 1. The minimum Gasteiger partial charge on any atom is -0.399 e. The maximum absolute atomic E-state index is 11.8. The fourth-order valence-corrected chi connectivity index (χ4v) is 3.25. The zero-order valence-electron chi connectivity index (χ0n) is 8.81. The van der Waals surface area contributed by atoms with Gasteiger partial charge in [-0.1, -0.05) is 0 Å². The van der Waals surface area contributed by atoms with Crippen molar-refractivity contribution in [3.8, 4) is 0 Å². The van der Waals surface area contributed by atoms with Gasteiger partial charge in [0.2, 0.25) is 15.9 Å². The summed E-state index contributed by atoms with van der Waals surface area (Å²) in [6.45, 7) is -0.0333. The Morgan fingerprint density at radius 1 is 1.41 bits per heavy atom. The molecule has 0 aromatic heterocycles. The van der Waals surface area contributed by atoms with Crippen LogP contribution < -0.4 is 16.2 Å². The molecule has 0 radical (unpaired) electrons. The SMILES string of the molecule is NC(=O)CCNS(=O)(=O)c1ccc(N)cc1Br. The molecule has 1 aromatic rings. The molecule has 0 aliphatic heterocycles. The number of benzene rings is 1. The quantitative estimate of drug-likeness (QED) is 0.671. The molecular formula is C9H12BrN3O3S. The van der Waals surface area contributed by atoms with Gasteiger partial charge in [-0.2, -0.15) is 0 Å². The Hall–Kier alpha value is -1.12. The van der Waals surface area contributed by atoms with Crippen molar-refractivity contribution in [2.24, 2.45) is 5.73 Å². The second-order valence-corrected chi connectivity index (χ2v) is 5.89. The Kier molecular flexibility index (Phi) is 4.49. The molecule has 0 spiro atoms. The molecule has 1 aromatic carbocycles. The van der Waals surface area contributed by atoms with E-state index in [1.165, 1.54) is 18.2 Å². The topological polar surface area (TPSA) is 115 Å². The average Bonchev–Trinajstić information content (AvgIpc) is 2.15. The van der Waals surface area contributed by atoms with Crippen LogP contribution in [0.5, 0.6) is 0 Å². The number of hydrogen-bond acceptors (Lipinski definition) is 4. The molecule has 0 fully saturated rings. The summed E-state index contributed by atoms with van der Waals surface area (Å²) in [5.74, 6) is -0.566. The predicted octanol–water partition coefficient (Wildman–Crippen LogP) is 0.185. The summed E-state index contributed by atoms with van der Waals surface area (Å²) in [5.41, 5.74) is 10.9. The summed E-state index contributed by atoms with van der Waals surface area (Å²) in [4.78, 5) is 10.6. The highest BCUT2D eigenvalue weighted by atomic mass is 79.9. The Morgan fingerprint density at radius 2 is 2.06 bits per heavy atom. The first-order valence-corrected chi connectivity index (χ1v) is 6.93. The Labute approximate surface area is 108 Å². The van der Waals surface area contributed by atoms with Crippen LogP contribution in [-0.2, 0) is 14.8 Å². The van der Waals surface area contributed by atoms with Gasteiger partial charge in [-0.25, -0.2) is 13.1 Å². The zero-order valence-corrected chi connectivity index (χ0v) is 11.2. The number of halogens is 1. The lowest BCUT2D eigenvalue weighted by molar-refractivity contribution is -0.117. The molecule has 0 atom stereocenters. The summed E-state index contributed by atoms with van der Waals surface area (Å²) in [6.07, 6.45) is -0.0498. The second-order valence-electron chi connectivity index (χ2n) is 3.30. The van der Waals surface area contributed by atoms with E-state index in [1.807, 2.05) is 0 Å². The fraction of sp³-hybridized carbons (Fsp3) is 0.222. The maximum atomic E-state index is 11.8. The number of carbonyl (C=O) groups excluding carboxylic acids is 1. The Bertz CT molecular complexity index is 530. The number of nitrogens with two attached hydrogens (primary N) is 2. The highest BCUT2D eigenvalue weighted by molar-refractivity contribution is 9.10. The molecule has 0 saturated carbocycles. The number of amides is 1. The molecule has 1 amide bonds. The van der Waals surface area contributed by atoms with E-state index in [2.05, 4.69) is 20.7 Å². The van der Waals surface area contributed by atoms with Crippen LogP contribution in [0.25, 0.3) is 0 Å². The van der Waals surface area contributed by atoms with Gasteiger partial charge in [0.1, 0.15) is 0 Å². The number of nitrogen functional groups attached to an aromatic ring is 1. The van der Waals surface area contributed by atoms with Gasteiger partial charge in [-0.3, -0.25) is 4.79 Å². The lowest BCUT2D eigenvalue weighted by atomic mass is 10.3. The summed E-state index contributed by atoms with van der Waals surface area (Å²) >= 11 is 3.11. The van der Waals surface area contributed by atoms with Crippen molar-refractivity contribution in [2.45, 2.75) is 11.3 Å². The molecule has 6 nitrogen and oxygen atoms in total. The molecule has 0 saturated heterocycles. The average molecular weight is 322 g/mol. The van der Waals surface area contributed by atoms with Crippen LogP contribution in [0.3, 0.4) is 0 Å². The monoisotopic (exact) mass is 321 g/mol. The van der Waals surface area contributed by atoms with Crippen molar-refractivity contribution in [1.82, 2.24) is 4.72 Å². The van der Waals surface area contributed by atoms with Gasteiger partial charge in [0, 0.05) is 23.1 Å². The zero-order chi connectivity index (χ0) is 13.1. The smallest absolute Gasteiger partial charge is 0.241 e. The van der Waals surface area contributed by atoms with Crippen molar-refractivity contribution in [1.29, 1.82) is 0 Å². The van der Waals surface area contributed by atoms with E-state index < -0.39 is 15.9 Å². The molecular weight excluding hydrogens is 310 g/mol. The molecule has 0 heterocycles. The number of hydrogen-bond donors (Lipinski definition) is 3. The van der Waals surface area contributed by atoms with Crippen LogP contribution in [0.1, 0.15) is 6.42 Å². The molecule has 0 unspecified atom stereocenters. The lowest BCUT2D eigenvalue weighted by Gasteiger charge is -2.08. The molecule has 94 valence electrons. The van der Waals surface area contributed by atoms with Crippen molar-refractivity contribution in [2.75, 3.05) is 12.3 Å². The van der Waals surface area contributed by atoms with E-state index in [9.17, 15) is 13.2 Å². The first-order chi connectivity index (χ1) is 7.83. The molecule has 8 heteroatoms. The van der Waals surface area contributed by atoms with Crippen LogP contribution >= 0.6 is 15.9 Å². The standard InChI is InChI=1S/C9H12BrN3O3S/c10-7-5-6(11)1-2-8(7)17(15,16)13-4-3-9(12)14/h1-2,5,13H,3-4,11H2,(H2,12,14). The van der Waals surface area contributed by atoms with Crippen LogP contribution in [0, 0.1) is 0 Å². The molecule has 0 aliphatic carbocycles. The summed E-state index contributed by atoms with van der Waals surface area (Å²) < 4.78 is 26.3. The number of sulfonamides is 1. The lowest BCUT2D eigenvalue weighted by Crippen LogP contribution is -2.28. The van der Waals surface area contributed by atoms with Gasteiger partial charge in [0.15, 0.2) is 0 Å². The third-order valence-electron chi connectivity index (χ3n) is 1.91. The van der Waals surface area contributed by atoms with Gasteiger partial charge in [0.25, 0.3) is 0 Å². The molecule has 0 aliphatic rings. The molecule has 5 N–H and O–H groups in total. The first kappa shape index (κ1) is 13.9. The van der Waals surface area contributed by atoms with Crippen molar-refractivity contribution in [3.05, 3.63) is 22.7 Å². The Balaban J connectivity index is 2.86. The number of rotatable bonds is 5. The second kappa shape index (κ2) is 5.48. The van der Waals surface area contributed by atoms with Crippen LogP contribution in [0.2, 0.25) is 0 Å². The van der Waals surface area contributed by atoms with Crippen molar-refractivity contribution >= 4 is 37.5 Å². The fourth-order valence-electron chi connectivity index (χ4n) is 1.12. The highest BCUT2D eigenvalue weighted by Gasteiger charge is 2.17. The largest absolute Gasteiger partial charge is 0.399 e. The third kappa shape index (κ3) is 3.99. The van der Waals surface area contributed by atoms with E-state index in [-0.39, 0.29) is 17.9 Å². The first-order valence-electron chi connectivity index (χ1n) is 4.66. The van der Waals surface area contributed by atoms with E-state index in [0.717, 1.165) is 0 Å². The maximum Gasteiger partial charge on any atom is 0.241 e. The van der Waals surface area contributed by atoms with Gasteiger partial charge >= 0.3 is 0 Å². The van der Waals surface area contributed by atoms with E-state index in [0.29, 0.717) is 10.2 Å². The van der Waals surface area contributed by atoms with Gasteiger partial charge in [0.05, 0.1) is 4.90 Å². The number of primary amides is 1. The predicted molar refractivity (Wildman–Crippen MR) is 67.6 cm³/mol. The molecule has 17 heavy (non-hydrogen) atoms. The van der Waals surface area contributed by atoms with Gasteiger partial charge < -0.3 is 11.5 Å². The van der Waals surface area contributed by atoms with Crippen LogP contribution in [0.15, 0.2) is 27.6 Å². The molecule has 1 rings (SSSR count). The van der Waals surface area contributed by atoms with E-state index in [1.54, 1.807) is 0 Å².